The van der Waals surface area contributed by atoms with Crippen molar-refractivity contribution in [3.05, 3.63) is 113 Å². The van der Waals surface area contributed by atoms with Crippen molar-refractivity contribution in [3.63, 3.8) is 0 Å². The Bertz CT molecular complexity index is 1500. The van der Waals surface area contributed by atoms with Crippen LogP contribution in [0.4, 0.5) is 10.1 Å². The molecule has 202 valence electrons. The van der Waals surface area contributed by atoms with E-state index < -0.39 is 5.91 Å². The molecule has 8 nitrogen and oxygen atoms in total. The average Bonchev–Trinajstić information content (AvgIpc) is 2.99. The summed E-state index contributed by atoms with van der Waals surface area (Å²) < 4.78 is 18.6. The number of benzene rings is 2. The number of Topliss-reactive ketones (excluding diaryl/α,β-unsaturated/α-hetero) is 1. The molecule has 2 aromatic carbocycles. The summed E-state index contributed by atoms with van der Waals surface area (Å²) in [6.07, 6.45) is 3.99. The minimum atomic E-state index is -0.407. The van der Waals surface area contributed by atoms with Crippen LogP contribution in [-0.4, -0.2) is 45.6 Å². The number of carbonyl (C=O) groups excluding carboxylic acids is 3. The third-order valence-electron chi connectivity index (χ3n) is 6.76. The van der Waals surface area contributed by atoms with Crippen LogP contribution >= 0.6 is 0 Å². The number of likely N-dealkylation sites (tertiary alicyclic amines) is 1. The third kappa shape index (κ3) is 6.37. The van der Waals surface area contributed by atoms with Crippen molar-refractivity contribution >= 4 is 23.3 Å². The maximum absolute atomic E-state index is 13.0. The van der Waals surface area contributed by atoms with E-state index in [0.717, 1.165) is 5.56 Å². The van der Waals surface area contributed by atoms with Crippen LogP contribution in [-0.2, 0) is 0 Å². The Morgan fingerprint density at radius 1 is 0.850 bits per heavy atom. The normalized spacial score (nSPS) is 13.5. The van der Waals surface area contributed by atoms with Crippen LogP contribution in [0.2, 0.25) is 0 Å². The molecular weight excluding hydrogens is 511 g/mol. The lowest BCUT2D eigenvalue weighted by molar-refractivity contribution is 0.0645. The van der Waals surface area contributed by atoms with Crippen molar-refractivity contribution in [2.75, 3.05) is 18.4 Å². The highest BCUT2D eigenvalue weighted by molar-refractivity contribution is 6.04. The Morgan fingerprint density at radius 2 is 1.55 bits per heavy atom. The van der Waals surface area contributed by atoms with Crippen molar-refractivity contribution in [2.45, 2.75) is 19.8 Å². The van der Waals surface area contributed by atoms with Crippen LogP contribution in [0.25, 0.3) is 0 Å². The number of pyridine rings is 2. The lowest BCUT2D eigenvalue weighted by Crippen LogP contribution is -2.40. The standard InChI is InChI=1S/C31H27FN4O4/c1-20-2-4-21(5-3-20)29(37)22-14-16-36(17-15-22)31(39)27-12-6-23(18-33-27)30(38)35-25-9-13-28(34-19-25)40-26-10-7-24(32)8-11-26/h2-13,18-19,22H,14-17H2,1H3,(H,35,38). The predicted octanol–water partition coefficient (Wildman–Crippen LogP) is 5.70. The van der Waals surface area contributed by atoms with Gasteiger partial charge in [-0.1, -0.05) is 29.8 Å². The number of nitrogens with zero attached hydrogens (tertiary/aromatic N) is 3. The van der Waals surface area contributed by atoms with Crippen molar-refractivity contribution < 1.29 is 23.5 Å². The van der Waals surface area contributed by atoms with Gasteiger partial charge in [-0.2, -0.15) is 0 Å². The molecule has 0 unspecified atom stereocenters. The van der Waals surface area contributed by atoms with E-state index in [1.54, 1.807) is 23.1 Å². The summed E-state index contributed by atoms with van der Waals surface area (Å²) >= 11 is 0. The molecular formula is C31H27FN4O4. The fraction of sp³-hybridized carbons (Fsp3) is 0.194. The van der Waals surface area contributed by atoms with Crippen LogP contribution in [0.1, 0.15) is 49.6 Å². The van der Waals surface area contributed by atoms with Crippen LogP contribution in [0.5, 0.6) is 11.6 Å². The quantitative estimate of drug-likeness (QED) is 0.303. The number of hydrogen-bond acceptors (Lipinski definition) is 6. The number of halogens is 1. The zero-order chi connectivity index (χ0) is 28.1. The van der Waals surface area contributed by atoms with Gasteiger partial charge in [-0.15, -0.1) is 0 Å². The second-order valence-electron chi connectivity index (χ2n) is 9.62. The summed E-state index contributed by atoms with van der Waals surface area (Å²) in [6, 6.07) is 19.4. The van der Waals surface area contributed by atoms with Gasteiger partial charge in [-0.25, -0.2) is 9.37 Å². The molecule has 0 bridgehead atoms. The Morgan fingerprint density at radius 3 is 2.17 bits per heavy atom. The summed E-state index contributed by atoms with van der Waals surface area (Å²) in [5.41, 5.74) is 2.78. The van der Waals surface area contributed by atoms with Gasteiger partial charge in [0.2, 0.25) is 5.88 Å². The Balaban J connectivity index is 1.13. The molecule has 0 saturated carbocycles. The summed E-state index contributed by atoms with van der Waals surface area (Å²) in [6.45, 7) is 2.92. The van der Waals surface area contributed by atoms with E-state index in [4.69, 9.17) is 4.74 Å². The lowest BCUT2D eigenvalue weighted by Gasteiger charge is -2.31. The molecule has 0 atom stereocenters. The zero-order valence-electron chi connectivity index (χ0n) is 21.8. The minimum Gasteiger partial charge on any atom is -0.439 e. The monoisotopic (exact) mass is 538 g/mol. The molecule has 0 spiro atoms. The van der Waals surface area contributed by atoms with E-state index in [1.165, 1.54) is 42.7 Å². The van der Waals surface area contributed by atoms with E-state index in [9.17, 15) is 18.8 Å². The molecule has 2 aromatic heterocycles. The molecule has 4 aromatic rings. The SMILES string of the molecule is Cc1ccc(C(=O)C2CCN(C(=O)c3ccc(C(=O)Nc4ccc(Oc5ccc(F)cc5)nc4)cn3)CC2)cc1. The highest BCUT2D eigenvalue weighted by Gasteiger charge is 2.29. The number of amides is 2. The molecule has 9 heteroatoms. The van der Waals surface area contributed by atoms with E-state index in [0.29, 0.717) is 42.9 Å². The Labute approximate surface area is 230 Å². The molecule has 3 heterocycles. The van der Waals surface area contributed by atoms with Crippen LogP contribution < -0.4 is 10.1 Å². The number of hydrogen-bond donors (Lipinski definition) is 1. The second-order valence-corrected chi connectivity index (χ2v) is 9.62. The Kier molecular flexibility index (Phi) is 7.91. The smallest absolute Gasteiger partial charge is 0.272 e. The van der Waals surface area contributed by atoms with Crippen LogP contribution in [0.15, 0.2) is 85.2 Å². The molecule has 1 aliphatic rings. The molecule has 2 amide bonds. The van der Waals surface area contributed by atoms with Gasteiger partial charge in [0, 0.05) is 36.8 Å². The largest absolute Gasteiger partial charge is 0.439 e. The molecule has 0 radical (unpaired) electrons. The number of carbonyl (C=O) groups is 3. The Hall–Kier alpha value is -4.92. The van der Waals surface area contributed by atoms with E-state index in [2.05, 4.69) is 15.3 Å². The summed E-state index contributed by atoms with van der Waals surface area (Å²) in [4.78, 5) is 48.5. The zero-order valence-corrected chi connectivity index (χ0v) is 21.8. The van der Waals surface area contributed by atoms with E-state index in [-0.39, 0.29) is 40.6 Å². The third-order valence-corrected chi connectivity index (χ3v) is 6.76. The molecule has 40 heavy (non-hydrogen) atoms. The van der Waals surface area contributed by atoms with Gasteiger partial charge < -0.3 is 15.0 Å². The van der Waals surface area contributed by atoms with Crippen LogP contribution in [0.3, 0.4) is 0 Å². The van der Waals surface area contributed by atoms with Gasteiger partial charge in [0.25, 0.3) is 11.8 Å². The number of aryl methyl sites for hydroxylation is 1. The maximum Gasteiger partial charge on any atom is 0.272 e. The molecule has 5 rings (SSSR count). The number of piperidine rings is 1. The van der Waals surface area contributed by atoms with Gasteiger partial charge in [-0.3, -0.25) is 19.4 Å². The van der Waals surface area contributed by atoms with Crippen LogP contribution in [0, 0.1) is 18.7 Å². The first-order valence-electron chi connectivity index (χ1n) is 12.9. The van der Waals surface area contributed by atoms with E-state index >= 15 is 0 Å². The summed E-state index contributed by atoms with van der Waals surface area (Å²) in [7, 11) is 0. The highest BCUT2D eigenvalue weighted by atomic mass is 19.1. The van der Waals surface area contributed by atoms with Crippen molar-refractivity contribution in [1.82, 2.24) is 14.9 Å². The first kappa shape index (κ1) is 26.7. The van der Waals surface area contributed by atoms with Crippen molar-refractivity contribution in [1.29, 1.82) is 0 Å². The van der Waals surface area contributed by atoms with E-state index in [1.807, 2.05) is 31.2 Å². The minimum absolute atomic E-state index is 0.108. The first-order valence-corrected chi connectivity index (χ1v) is 12.9. The number of rotatable bonds is 7. The highest BCUT2D eigenvalue weighted by Crippen LogP contribution is 2.24. The molecule has 0 aliphatic carbocycles. The summed E-state index contributed by atoms with van der Waals surface area (Å²) in [5, 5.41) is 2.73. The molecule has 1 aliphatic heterocycles. The van der Waals surface area contributed by atoms with Gasteiger partial charge in [-0.05, 0) is 62.2 Å². The first-order chi connectivity index (χ1) is 19.4. The van der Waals surface area contributed by atoms with Crippen molar-refractivity contribution in [2.24, 2.45) is 5.92 Å². The average molecular weight is 539 g/mol. The molecule has 1 saturated heterocycles. The lowest BCUT2D eigenvalue weighted by atomic mass is 9.88. The molecule has 1 fully saturated rings. The maximum atomic E-state index is 13.0. The number of nitrogens with one attached hydrogen (secondary N) is 1. The fourth-order valence-electron chi connectivity index (χ4n) is 4.46. The van der Waals surface area contributed by atoms with Gasteiger partial charge >= 0.3 is 0 Å². The van der Waals surface area contributed by atoms with Crippen molar-refractivity contribution in [3.8, 4) is 11.6 Å². The number of anilines is 1. The second kappa shape index (κ2) is 11.9. The van der Waals surface area contributed by atoms with Gasteiger partial charge in [0.15, 0.2) is 5.78 Å². The van der Waals surface area contributed by atoms with Gasteiger partial charge in [0.1, 0.15) is 17.3 Å². The summed E-state index contributed by atoms with van der Waals surface area (Å²) in [5.74, 6) is -0.263. The topological polar surface area (TPSA) is 101 Å². The fourth-order valence-corrected chi connectivity index (χ4v) is 4.46. The number of aromatic nitrogens is 2. The number of ketones is 1. The molecule has 1 N–H and O–H groups in total. The predicted molar refractivity (Wildman–Crippen MR) is 147 cm³/mol. The van der Waals surface area contributed by atoms with Gasteiger partial charge in [0.05, 0.1) is 17.4 Å². The number of ether oxygens (including phenoxy) is 1.